The molecule has 30 heavy (non-hydrogen) atoms. The number of aromatic hydroxyl groups is 1. The van der Waals surface area contributed by atoms with Crippen molar-refractivity contribution in [2.45, 2.75) is 6.92 Å². The van der Waals surface area contributed by atoms with Gasteiger partial charge >= 0.3 is 0 Å². The van der Waals surface area contributed by atoms with Crippen LogP contribution in [0.25, 0.3) is 17.3 Å². The third-order valence-corrected chi connectivity index (χ3v) is 4.95. The van der Waals surface area contributed by atoms with Crippen molar-refractivity contribution >= 4 is 41.0 Å². The number of nitro benzene ring substituents is 1. The number of aromatic amines is 1. The Kier molecular flexibility index (Phi) is 4.63. The van der Waals surface area contributed by atoms with Gasteiger partial charge in [-0.15, -0.1) is 0 Å². The molecule has 1 aromatic heterocycles. The number of nitrogens with zero attached hydrogens (tertiary/aromatic N) is 3. The average molecular weight is 424 g/mol. The number of halogens is 1. The van der Waals surface area contributed by atoms with Crippen LogP contribution in [0.5, 0.6) is 5.88 Å². The Morgan fingerprint density at radius 2 is 2.03 bits per heavy atom. The minimum absolute atomic E-state index is 0.0382. The maximum absolute atomic E-state index is 14.3. The molecule has 0 amide bonds. The number of hydrogen-bond acceptors (Lipinski definition) is 6. The van der Waals surface area contributed by atoms with Crippen LogP contribution in [0.3, 0.4) is 0 Å². The van der Waals surface area contributed by atoms with Gasteiger partial charge in [0, 0.05) is 29.0 Å². The van der Waals surface area contributed by atoms with Crippen molar-refractivity contribution in [3.05, 3.63) is 84.6 Å². The van der Waals surface area contributed by atoms with Gasteiger partial charge in [0.2, 0.25) is 5.88 Å². The standard InChI is InChI=1S/C20H13FN4O4S/c1-10-12(13-8-11(25(28)29)6-7-16(13)22-10)9-14-18(26)23-20(30)24(19(14)27)17-5-3-2-4-15(17)21/h2-9,27H,1H3,(H,23,26,30)/b12-9-. The van der Waals surface area contributed by atoms with E-state index in [1.54, 1.807) is 13.0 Å². The van der Waals surface area contributed by atoms with Gasteiger partial charge in [-0.3, -0.25) is 29.5 Å². The van der Waals surface area contributed by atoms with Crippen LogP contribution in [-0.4, -0.2) is 25.3 Å². The second kappa shape index (κ2) is 7.16. The molecule has 0 fully saturated rings. The summed E-state index contributed by atoms with van der Waals surface area (Å²) in [6.07, 6.45) is 1.36. The Morgan fingerprint density at radius 1 is 1.30 bits per heavy atom. The molecule has 8 nitrogen and oxygen atoms in total. The van der Waals surface area contributed by atoms with Gasteiger partial charge < -0.3 is 5.11 Å². The first kappa shape index (κ1) is 19.4. The van der Waals surface area contributed by atoms with Crippen LogP contribution in [0.15, 0.2) is 52.3 Å². The maximum atomic E-state index is 14.3. The fourth-order valence-electron chi connectivity index (χ4n) is 3.24. The zero-order chi connectivity index (χ0) is 21.6. The Labute approximate surface area is 173 Å². The van der Waals surface area contributed by atoms with Crippen LogP contribution >= 0.6 is 12.2 Å². The molecular formula is C20H13FN4O4S. The van der Waals surface area contributed by atoms with Crippen molar-refractivity contribution in [1.82, 2.24) is 9.55 Å². The van der Waals surface area contributed by atoms with Crippen molar-refractivity contribution in [3.63, 3.8) is 0 Å². The number of rotatable bonds is 3. The fraction of sp³-hybridized carbons (Fsp3) is 0.0500. The molecule has 10 heteroatoms. The Bertz CT molecular complexity index is 1400. The number of nitrogens with one attached hydrogen (secondary N) is 1. The Hall–Kier alpha value is -3.92. The van der Waals surface area contributed by atoms with Gasteiger partial charge in [0.15, 0.2) is 4.77 Å². The second-order valence-corrected chi connectivity index (χ2v) is 6.88. The molecule has 4 rings (SSSR count). The van der Waals surface area contributed by atoms with Crippen LogP contribution < -0.4 is 5.56 Å². The predicted molar refractivity (Wildman–Crippen MR) is 113 cm³/mol. The van der Waals surface area contributed by atoms with E-state index in [-0.39, 0.29) is 21.7 Å². The van der Waals surface area contributed by atoms with Crippen LogP contribution in [-0.2, 0) is 0 Å². The van der Waals surface area contributed by atoms with E-state index in [2.05, 4.69) is 9.98 Å². The molecule has 2 N–H and O–H groups in total. The van der Waals surface area contributed by atoms with E-state index in [1.807, 2.05) is 0 Å². The highest BCUT2D eigenvalue weighted by atomic mass is 32.1. The average Bonchev–Trinajstić information content (AvgIpc) is 3.00. The van der Waals surface area contributed by atoms with E-state index in [1.165, 1.54) is 42.5 Å². The summed E-state index contributed by atoms with van der Waals surface area (Å²) < 4.78 is 15.1. The quantitative estimate of drug-likeness (QED) is 0.370. The molecule has 150 valence electrons. The topological polar surface area (TPSA) is 114 Å². The molecule has 0 bridgehead atoms. The summed E-state index contributed by atoms with van der Waals surface area (Å²) in [6.45, 7) is 1.68. The van der Waals surface area contributed by atoms with Gasteiger partial charge in [0.1, 0.15) is 11.4 Å². The Morgan fingerprint density at radius 3 is 2.73 bits per heavy atom. The zero-order valence-electron chi connectivity index (χ0n) is 15.4. The number of benzene rings is 2. The lowest BCUT2D eigenvalue weighted by Crippen LogP contribution is -2.17. The lowest BCUT2D eigenvalue weighted by molar-refractivity contribution is -0.384. The predicted octanol–water partition coefficient (Wildman–Crippen LogP) is 4.29. The number of para-hydroxylation sites is 1. The normalized spacial score (nSPS) is 13.9. The van der Waals surface area contributed by atoms with Crippen molar-refractivity contribution in [3.8, 4) is 11.6 Å². The molecule has 0 atom stereocenters. The van der Waals surface area contributed by atoms with Crippen molar-refractivity contribution in [2.75, 3.05) is 0 Å². The maximum Gasteiger partial charge on any atom is 0.270 e. The molecule has 0 saturated carbocycles. The summed E-state index contributed by atoms with van der Waals surface area (Å²) >= 11 is 5.10. The number of aromatic nitrogens is 2. The molecule has 2 aromatic carbocycles. The molecule has 0 saturated heterocycles. The summed E-state index contributed by atoms with van der Waals surface area (Å²) in [6, 6.07) is 9.83. The van der Waals surface area contributed by atoms with Gasteiger partial charge in [-0.2, -0.15) is 0 Å². The van der Waals surface area contributed by atoms with Crippen LogP contribution in [0.4, 0.5) is 15.8 Å². The fourth-order valence-corrected chi connectivity index (χ4v) is 3.52. The number of non-ortho nitro benzene ring substituents is 1. The first-order chi connectivity index (χ1) is 14.3. The number of H-pyrrole nitrogens is 1. The van der Waals surface area contributed by atoms with Crippen molar-refractivity contribution < 1.29 is 14.4 Å². The first-order valence-corrected chi connectivity index (χ1v) is 9.08. The van der Waals surface area contributed by atoms with Crippen molar-refractivity contribution in [1.29, 1.82) is 0 Å². The molecule has 2 heterocycles. The lowest BCUT2D eigenvalue weighted by Gasteiger charge is -2.12. The third kappa shape index (κ3) is 3.12. The van der Waals surface area contributed by atoms with E-state index >= 15 is 0 Å². The lowest BCUT2D eigenvalue weighted by atomic mass is 10.0. The van der Waals surface area contributed by atoms with E-state index in [0.717, 1.165) is 4.57 Å². The van der Waals surface area contributed by atoms with Gasteiger partial charge in [0.25, 0.3) is 11.2 Å². The zero-order valence-corrected chi connectivity index (χ0v) is 16.2. The van der Waals surface area contributed by atoms with Crippen LogP contribution in [0, 0.1) is 20.7 Å². The summed E-state index contributed by atoms with van der Waals surface area (Å²) in [5.41, 5.74) is 0.826. The highest BCUT2D eigenvalue weighted by molar-refractivity contribution is 7.71. The summed E-state index contributed by atoms with van der Waals surface area (Å²) in [5, 5.41) is 21.9. The molecule has 1 aliphatic heterocycles. The van der Waals surface area contributed by atoms with Gasteiger partial charge in [-0.25, -0.2) is 4.39 Å². The van der Waals surface area contributed by atoms with E-state index in [9.17, 15) is 24.4 Å². The highest BCUT2D eigenvalue weighted by Gasteiger charge is 2.23. The largest absolute Gasteiger partial charge is 0.494 e. The molecule has 0 unspecified atom stereocenters. The number of nitro groups is 1. The van der Waals surface area contributed by atoms with Gasteiger partial charge in [-0.1, -0.05) is 12.1 Å². The summed E-state index contributed by atoms with van der Waals surface area (Å²) in [4.78, 5) is 29.9. The number of allylic oxidation sites excluding steroid dienone is 1. The number of hydrogen-bond donors (Lipinski definition) is 2. The smallest absolute Gasteiger partial charge is 0.270 e. The van der Waals surface area contributed by atoms with E-state index < -0.39 is 22.2 Å². The van der Waals surface area contributed by atoms with Gasteiger partial charge in [-0.05, 0) is 43.4 Å². The summed E-state index contributed by atoms with van der Waals surface area (Å²) in [7, 11) is 0. The van der Waals surface area contributed by atoms with E-state index in [4.69, 9.17) is 12.2 Å². The third-order valence-electron chi connectivity index (χ3n) is 4.66. The molecular weight excluding hydrogens is 411 g/mol. The van der Waals surface area contributed by atoms with Crippen LogP contribution in [0.1, 0.15) is 18.1 Å². The van der Waals surface area contributed by atoms with Gasteiger partial charge in [0.05, 0.1) is 16.3 Å². The molecule has 0 spiro atoms. The summed E-state index contributed by atoms with van der Waals surface area (Å²) in [5.74, 6) is -1.21. The number of aliphatic imine (C=N–C) groups is 1. The van der Waals surface area contributed by atoms with E-state index in [0.29, 0.717) is 22.5 Å². The number of fused-ring (bicyclic) bond motifs is 1. The molecule has 1 aliphatic rings. The monoisotopic (exact) mass is 424 g/mol. The minimum atomic E-state index is -0.690. The minimum Gasteiger partial charge on any atom is -0.494 e. The first-order valence-electron chi connectivity index (χ1n) is 8.67. The van der Waals surface area contributed by atoms with Crippen molar-refractivity contribution in [2.24, 2.45) is 4.99 Å². The molecule has 3 aromatic rings. The molecule has 0 radical (unpaired) electrons. The second-order valence-electron chi connectivity index (χ2n) is 6.50. The Balaban J connectivity index is 1.96. The molecule has 0 aliphatic carbocycles. The van der Waals surface area contributed by atoms with Crippen LogP contribution in [0.2, 0.25) is 0 Å². The SMILES string of the molecule is CC1=Nc2ccc([N+](=O)[O-])cc2/C1=C\c1c(O)n(-c2ccccc2F)c(=S)[nH]c1=O. The highest BCUT2D eigenvalue weighted by Crippen LogP contribution is 2.38.